The van der Waals surface area contributed by atoms with Crippen molar-refractivity contribution < 1.29 is 9.90 Å². The van der Waals surface area contributed by atoms with Crippen LogP contribution in [0.5, 0.6) is 0 Å². The van der Waals surface area contributed by atoms with E-state index >= 15 is 0 Å². The Balaban J connectivity index is 0. The number of hydrogen-bond donors (Lipinski definition) is 1. The molecule has 2 nitrogen and oxygen atoms in total. The van der Waals surface area contributed by atoms with Gasteiger partial charge in [0.2, 0.25) is 0 Å². The molecule has 2 heteroatoms. The van der Waals surface area contributed by atoms with E-state index in [-0.39, 0.29) is 11.5 Å². The van der Waals surface area contributed by atoms with Gasteiger partial charge in [-0.1, -0.05) is 32.6 Å². The van der Waals surface area contributed by atoms with Gasteiger partial charge in [0.1, 0.15) is 0 Å². The molecule has 0 fully saturated rings. The van der Waals surface area contributed by atoms with Crippen LogP contribution in [0.3, 0.4) is 0 Å². The molecule has 0 aromatic carbocycles. The lowest BCUT2D eigenvalue weighted by atomic mass is 10.1. The molecule has 0 amide bonds. The Kier molecular flexibility index (Phi) is 9.61. The average Bonchev–Trinajstić information content (AvgIpc) is 2.07. The predicted molar refractivity (Wildman–Crippen MR) is 56.7 cm³/mol. The Morgan fingerprint density at radius 2 is 1.77 bits per heavy atom. The highest BCUT2D eigenvalue weighted by atomic mass is 16.3. The number of carbonyl (C=O) groups is 1. The van der Waals surface area contributed by atoms with E-state index in [9.17, 15) is 4.79 Å². The van der Waals surface area contributed by atoms with Crippen LogP contribution in [0.15, 0.2) is 36.1 Å². The van der Waals surface area contributed by atoms with Crippen LogP contribution in [-0.4, -0.2) is 10.9 Å². The minimum atomic E-state index is -0.150. The Labute approximate surface area is 80.3 Å². The fourth-order valence-electron chi connectivity index (χ4n) is 0.657. The summed E-state index contributed by atoms with van der Waals surface area (Å²) in [6.45, 7) is 10.3. The maximum absolute atomic E-state index is 10.8. The first-order valence-electron chi connectivity index (χ1n) is 4.29. The predicted octanol–water partition coefficient (Wildman–Crippen LogP) is 3.18. The minimum absolute atomic E-state index is 0.0376. The van der Waals surface area contributed by atoms with Crippen molar-refractivity contribution in [2.75, 3.05) is 0 Å². The van der Waals surface area contributed by atoms with E-state index in [1.807, 2.05) is 13.8 Å². The second kappa shape index (κ2) is 8.78. The largest absolute Gasteiger partial charge is 0.512 e. The third kappa shape index (κ3) is 7.06. The number of hydrogen-bond acceptors (Lipinski definition) is 2. The zero-order chi connectivity index (χ0) is 10.9. The highest BCUT2D eigenvalue weighted by molar-refractivity contribution is 5.96. The topological polar surface area (TPSA) is 37.3 Å². The maximum Gasteiger partial charge on any atom is 0.163 e. The van der Waals surface area contributed by atoms with Gasteiger partial charge in [0.05, 0.1) is 11.3 Å². The van der Waals surface area contributed by atoms with Gasteiger partial charge in [0.25, 0.3) is 0 Å². The summed E-state index contributed by atoms with van der Waals surface area (Å²) < 4.78 is 0. The highest BCUT2D eigenvalue weighted by Gasteiger charge is 2.01. The maximum atomic E-state index is 10.8. The molecule has 0 unspecified atom stereocenters. The molecule has 0 aromatic heterocycles. The first kappa shape index (κ1) is 14.2. The van der Waals surface area contributed by atoms with Gasteiger partial charge in [-0.2, -0.15) is 0 Å². The SMILES string of the molecule is C=C/C=C\C(C(C)=O)=C(/C)O.CC. The van der Waals surface area contributed by atoms with Crippen LogP contribution >= 0.6 is 0 Å². The summed E-state index contributed by atoms with van der Waals surface area (Å²) in [6, 6.07) is 0. The molecule has 0 saturated carbocycles. The molecule has 0 heterocycles. The van der Waals surface area contributed by atoms with Gasteiger partial charge in [-0.15, -0.1) is 0 Å². The number of Topliss-reactive ketones (excluding diaryl/α,β-unsaturated/α-hetero) is 1. The van der Waals surface area contributed by atoms with E-state index in [4.69, 9.17) is 5.11 Å². The van der Waals surface area contributed by atoms with E-state index < -0.39 is 0 Å². The normalized spacial score (nSPS) is 11.4. The third-order valence-electron chi connectivity index (χ3n) is 1.17. The molecule has 0 rings (SSSR count). The van der Waals surface area contributed by atoms with E-state index in [1.54, 1.807) is 12.2 Å². The second-order valence-corrected chi connectivity index (χ2v) is 2.15. The molecular formula is C11H18O2. The molecule has 0 aliphatic rings. The summed E-state index contributed by atoms with van der Waals surface area (Å²) in [4.78, 5) is 10.8. The summed E-state index contributed by atoms with van der Waals surface area (Å²) in [5.41, 5.74) is 0.324. The van der Waals surface area contributed by atoms with Gasteiger partial charge >= 0.3 is 0 Å². The molecule has 13 heavy (non-hydrogen) atoms. The molecule has 1 N–H and O–H groups in total. The lowest BCUT2D eigenvalue weighted by Gasteiger charge is -1.96. The summed E-state index contributed by atoms with van der Waals surface area (Å²) >= 11 is 0. The zero-order valence-corrected chi connectivity index (χ0v) is 8.79. The zero-order valence-electron chi connectivity index (χ0n) is 8.79. The van der Waals surface area contributed by atoms with Gasteiger partial charge < -0.3 is 5.11 Å². The van der Waals surface area contributed by atoms with Crippen molar-refractivity contribution >= 4 is 5.78 Å². The van der Waals surface area contributed by atoms with E-state index in [1.165, 1.54) is 19.9 Å². The molecule has 74 valence electrons. The van der Waals surface area contributed by atoms with Gasteiger partial charge in [-0.25, -0.2) is 0 Å². The van der Waals surface area contributed by atoms with Crippen molar-refractivity contribution in [2.24, 2.45) is 0 Å². The van der Waals surface area contributed by atoms with E-state index in [2.05, 4.69) is 6.58 Å². The molecule has 0 bridgehead atoms. The molecule has 0 atom stereocenters. The van der Waals surface area contributed by atoms with Gasteiger partial charge in [-0.05, 0) is 19.9 Å². The number of aliphatic hydroxyl groups excluding tert-OH is 1. The van der Waals surface area contributed by atoms with Crippen molar-refractivity contribution in [1.29, 1.82) is 0 Å². The Bertz CT molecular complexity index is 218. The van der Waals surface area contributed by atoms with E-state index in [0.717, 1.165) is 0 Å². The molecule has 0 radical (unpaired) electrons. The van der Waals surface area contributed by atoms with Crippen LogP contribution in [0.2, 0.25) is 0 Å². The van der Waals surface area contributed by atoms with Crippen LogP contribution in [0.25, 0.3) is 0 Å². The fraction of sp³-hybridized carbons (Fsp3) is 0.364. The number of carbonyl (C=O) groups excluding carboxylic acids is 1. The fourth-order valence-corrected chi connectivity index (χ4v) is 0.657. The van der Waals surface area contributed by atoms with Crippen molar-refractivity contribution in [3.05, 3.63) is 36.1 Å². The average molecular weight is 182 g/mol. The molecular weight excluding hydrogens is 164 g/mol. The Morgan fingerprint density at radius 1 is 1.31 bits per heavy atom. The standard InChI is InChI=1S/C9H12O2.C2H6/c1-4-5-6-9(7(2)10)8(3)11;1-2/h4-6,10H,1H2,2-3H3;1-2H3/b6-5-,9-7-;. The van der Waals surface area contributed by atoms with Crippen molar-refractivity contribution in [3.8, 4) is 0 Å². The minimum Gasteiger partial charge on any atom is -0.512 e. The Hall–Kier alpha value is -1.31. The lowest BCUT2D eigenvalue weighted by molar-refractivity contribution is -0.113. The summed E-state index contributed by atoms with van der Waals surface area (Å²) in [5, 5.41) is 8.98. The first-order valence-corrected chi connectivity index (χ1v) is 4.29. The van der Waals surface area contributed by atoms with E-state index in [0.29, 0.717) is 5.57 Å². The number of aliphatic hydroxyl groups is 1. The molecule has 0 aliphatic carbocycles. The quantitative estimate of drug-likeness (QED) is 0.413. The van der Waals surface area contributed by atoms with Crippen molar-refractivity contribution in [2.45, 2.75) is 27.7 Å². The summed E-state index contributed by atoms with van der Waals surface area (Å²) in [7, 11) is 0. The lowest BCUT2D eigenvalue weighted by Crippen LogP contribution is -1.96. The van der Waals surface area contributed by atoms with Crippen LogP contribution in [0, 0.1) is 0 Å². The smallest absolute Gasteiger partial charge is 0.163 e. The van der Waals surface area contributed by atoms with Gasteiger partial charge in [0, 0.05) is 0 Å². The summed E-state index contributed by atoms with van der Waals surface area (Å²) in [5.74, 6) is -0.112. The number of ketones is 1. The monoisotopic (exact) mass is 182 g/mol. The van der Waals surface area contributed by atoms with Crippen LogP contribution in [-0.2, 0) is 4.79 Å². The van der Waals surface area contributed by atoms with Crippen molar-refractivity contribution in [1.82, 2.24) is 0 Å². The molecule has 0 spiro atoms. The van der Waals surface area contributed by atoms with Crippen molar-refractivity contribution in [3.63, 3.8) is 0 Å². The van der Waals surface area contributed by atoms with Gasteiger partial charge in [0.15, 0.2) is 5.78 Å². The highest BCUT2D eigenvalue weighted by Crippen LogP contribution is 2.03. The molecule has 0 aliphatic heterocycles. The summed E-state index contributed by atoms with van der Waals surface area (Å²) in [6.07, 6.45) is 4.69. The first-order chi connectivity index (χ1) is 6.09. The number of allylic oxidation sites excluding steroid dienone is 5. The second-order valence-electron chi connectivity index (χ2n) is 2.15. The van der Waals surface area contributed by atoms with Gasteiger partial charge in [-0.3, -0.25) is 4.79 Å². The van der Waals surface area contributed by atoms with Crippen LogP contribution in [0.4, 0.5) is 0 Å². The Morgan fingerprint density at radius 3 is 2.00 bits per heavy atom. The third-order valence-corrected chi connectivity index (χ3v) is 1.17. The van der Waals surface area contributed by atoms with Crippen LogP contribution < -0.4 is 0 Å². The molecule has 0 saturated heterocycles. The molecule has 0 aromatic rings. The van der Waals surface area contributed by atoms with Crippen LogP contribution in [0.1, 0.15) is 27.7 Å². The number of rotatable bonds is 3.